The van der Waals surface area contributed by atoms with E-state index in [1.807, 2.05) is 38.1 Å². The van der Waals surface area contributed by atoms with Crippen LogP contribution in [-0.2, 0) is 12.4 Å². The first kappa shape index (κ1) is 14.0. The van der Waals surface area contributed by atoms with Crippen LogP contribution in [0.1, 0.15) is 25.2 Å². The summed E-state index contributed by atoms with van der Waals surface area (Å²) in [4.78, 5) is 4.64. The molecule has 0 radical (unpaired) electrons. The van der Waals surface area contributed by atoms with Crippen molar-refractivity contribution in [1.29, 1.82) is 0 Å². The van der Waals surface area contributed by atoms with E-state index in [4.69, 9.17) is 20.8 Å². The highest BCUT2D eigenvalue weighted by molar-refractivity contribution is 6.16. The van der Waals surface area contributed by atoms with Gasteiger partial charge in [0.2, 0.25) is 0 Å². The third-order valence-corrected chi connectivity index (χ3v) is 3.46. The van der Waals surface area contributed by atoms with Crippen molar-refractivity contribution in [3.05, 3.63) is 48.2 Å². The van der Waals surface area contributed by atoms with E-state index >= 15 is 0 Å². The average Bonchev–Trinajstić information content (AvgIpc) is 3.07. The van der Waals surface area contributed by atoms with Crippen LogP contribution in [0.3, 0.4) is 0 Å². The lowest BCUT2D eigenvalue weighted by Gasteiger charge is -2.10. The molecule has 0 bridgehead atoms. The minimum Gasteiger partial charge on any atom is -0.489 e. The molecule has 3 aromatic rings. The lowest BCUT2D eigenvalue weighted by Crippen LogP contribution is -2.06. The first-order valence-corrected chi connectivity index (χ1v) is 7.44. The Morgan fingerprint density at radius 1 is 1.33 bits per heavy atom. The highest BCUT2D eigenvalue weighted by atomic mass is 35.5. The maximum atomic E-state index is 6.05. The van der Waals surface area contributed by atoms with E-state index < -0.39 is 0 Å². The van der Waals surface area contributed by atoms with Crippen molar-refractivity contribution in [3.63, 3.8) is 0 Å². The number of imidazole rings is 1. The van der Waals surface area contributed by atoms with Crippen molar-refractivity contribution in [3.8, 4) is 5.75 Å². The fraction of sp³-hybridized carbons (Fsp3) is 0.312. The fourth-order valence-electron chi connectivity index (χ4n) is 2.36. The van der Waals surface area contributed by atoms with Gasteiger partial charge in [-0.15, -0.1) is 11.6 Å². The van der Waals surface area contributed by atoms with E-state index in [0.29, 0.717) is 12.4 Å². The highest BCUT2D eigenvalue weighted by Gasteiger charge is 2.15. The summed E-state index contributed by atoms with van der Waals surface area (Å²) in [5, 5.41) is 0. The van der Waals surface area contributed by atoms with E-state index in [2.05, 4.69) is 9.55 Å². The van der Waals surface area contributed by atoms with Gasteiger partial charge in [-0.25, -0.2) is 4.98 Å². The Hall–Kier alpha value is -1.94. The van der Waals surface area contributed by atoms with Crippen LogP contribution in [-0.4, -0.2) is 15.7 Å². The predicted octanol–water partition coefficient (Wildman–Crippen LogP) is 4.20. The molecule has 0 saturated heterocycles. The number of para-hydroxylation sites is 1. The molecule has 21 heavy (non-hydrogen) atoms. The topological polar surface area (TPSA) is 40.2 Å². The fourth-order valence-corrected chi connectivity index (χ4v) is 2.57. The number of benzene rings is 1. The minimum absolute atomic E-state index is 0.106. The van der Waals surface area contributed by atoms with Crippen molar-refractivity contribution in [2.24, 2.45) is 0 Å². The Labute approximate surface area is 128 Å². The Balaban J connectivity index is 2.10. The molecule has 2 heterocycles. The zero-order valence-corrected chi connectivity index (χ0v) is 12.8. The molecule has 2 aromatic heterocycles. The number of halogens is 1. The molecular weight excluding hydrogens is 288 g/mol. The second-order valence-corrected chi connectivity index (χ2v) is 5.44. The van der Waals surface area contributed by atoms with Crippen molar-refractivity contribution in [2.45, 2.75) is 32.4 Å². The number of nitrogens with zero attached hydrogens (tertiary/aromatic N) is 2. The van der Waals surface area contributed by atoms with Gasteiger partial charge < -0.3 is 13.7 Å². The number of alkyl halides is 1. The molecule has 4 nitrogen and oxygen atoms in total. The molecule has 0 saturated carbocycles. The van der Waals surface area contributed by atoms with Crippen molar-refractivity contribution < 1.29 is 9.15 Å². The van der Waals surface area contributed by atoms with E-state index in [1.54, 1.807) is 12.5 Å². The quantitative estimate of drug-likeness (QED) is 0.663. The van der Waals surface area contributed by atoms with Crippen LogP contribution in [0.5, 0.6) is 5.75 Å². The largest absolute Gasteiger partial charge is 0.489 e. The van der Waals surface area contributed by atoms with Gasteiger partial charge >= 0.3 is 0 Å². The van der Waals surface area contributed by atoms with E-state index in [1.165, 1.54) is 0 Å². The Morgan fingerprint density at radius 3 is 2.86 bits per heavy atom. The zero-order valence-electron chi connectivity index (χ0n) is 12.0. The van der Waals surface area contributed by atoms with Gasteiger partial charge in [0.05, 0.1) is 36.6 Å². The summed E-state index contributed by atoms with van der Waals surface area (Å²) in [6.45, 7) is 4.69. The number of aromatic nitrogens is 2. The molecule has 0 fully saturated rings. The number of furan rings is 1. The molecule has 0 amide bonds. The molecule has 0 aliphatic carbocycles. The van der Waals surface area contributed by atoms with E-state index in [0.717, 1.165) is 28.2 Å². The van der Waals surface area contributed by atoms with Crippen LogP contribution < -0.4 is 4.74 Å². The van der Waals surface area contributed by atoms with Gasteiger partial charge in [0, 0.05) is 5.56 Å². The maximum Gasteiger partial charge on any atom is 0.147 e. The van der Waals surface area contributed by atoms with Gasteiger partial charge in [0.15, 0.2) is 0 Å². The van der Waals surface area contributed by atoms with Crippen molar-refractivity contribution in [1.82, 2.24) is 9.55 Å². The smallest absolute Gasteiger partial charge is 0.147 e. The van der Waals surface area contributed by atoms with Crippen LogP contribution in [0.25, 0.3) is 11.0 Å². The number of hydrogen-bond acceptors (Lipinski definition) is 3. The summed E-state index contributed by atoms with van der Waals surface area (Å²) in [5.41, 5.74) is 2.95. The molecule has 3 rings (SSSR count). The predicted molar refractivity (Wildman–Crippen MR) is 82.9 cm³/mol. The Kier molecular flexibility index (Phi) is 3.88. The summed E-state index contributed by atoms with van der Waals surface area (Å²) < 4.78 is 13.1. The second kappa shape index (κ2) is 5.82. The van der Waals surface area contributed by atoms with Crippen molar-refractivity contribution in [2.75, 3.05) is 0 Å². The molecule has 0 N–H and O–H groups in total. The van der Waals surface area contributed by atoms with E-state index in [-0.39, 0.29) is 6.10 Å². The molecule has 0 atom stereocenters. The summed E-state index contributed by atoms with van der Waals surface area (Å²) >= 11 is 6.05. The van der Waals surface area contributed by atoms with Gasteiger partial charge in [-0.1, -0.05) is 6.07 Å². The molecule has 110 valence electrons. The van der Waals surface area contributed by atoms with Gasteiger partial charge in [-0.05, 0) is 32.0 Å². The lowest BCUT2D eigenvalue weighted by atomic mass is 10.2. The second-order valence-electron chi connectivity index (χ2n) is 5.17. The maximum absolute atomic E-state index is 6.05. The van der Waals surface area contributed by atoms with Gasteiger partial charge in [0.1, 0.15) is 17.1 Å². The molecule has 5 heteroatoms. The summed E-state index contributed by atoms with van der Waals surface area (Å²) in [7, 11) is 0. The zero-order chi connectivity index (χ0) is 14.8. The third-order valence-electron chi connectivity index (χ3n) is 3.22. The molecule has 0 spiro atoms. The highest BCUT2D eigenvalue weighted by Crippen LogP contribution is 2.28. The Bertz CT molecular complexity index is 732. The number of hydrogen-bond donors (Lipinski definition) is 0. The normalized spacial score (nSPS) is 11.4. The molecular formula is C16H17ClN2O2. The van der Waals surface area contributed by atoms with Crippen LogP contribution in [0.4, 0.5) is 0 Å². The number of ether oxygens (including phenoxy) is 1. The Morgan fingerprint density at radius 2 is 2.19 bits per heavy atom. The van der Waals surface area contributed by atoms with Crippen LogP contribution in [0.2, 0.25) is 0 Å². The van der Waals surface area contributed by atoms with Crippen LogP contribution in [0, 0.1) is 0 Å². The lowest BCUT2D eigenvalue weighted by molar-refractivity contribution is 0.245. The van der Waals surface area contributed by atoms with Crippen LogP contribution in [0.15, 0.2) is 41.2 Å². The molecule has 0 aliphatic rings. The first-order valence-electron chi connectivity index (χ1n) is 6.91. The standard InChI is InChI=1S/C16H17ClN2O2/c1-11(2)21-14-5-3-4-13-16(14)18-15(8-17)19(13)9-12-6-7-20-10-12/h3-7,10-11H,8-9H2,1-2H3. The minimum atomic E-state index is 0.106. The SMILES string of the molecule is CC(C)Oc1cccc2c1nc(CCl)n2Cc1ccoc1. The molecule has 0 aliphatic heterocycles. The average molecular weight is 305 g/mol. The monoisotopic (exact) mass is 304 g/mol. The summed E-state index contributed by atoms with van der Waals surface area (Å²) in [6.07, 6.45) is 3.51. The summed E-state index contributed by atoms with van der Waals surface area (Å²) in [5.74, 6) is 1.97. The number of rotatable bonds is 5. The van der Waals surface area contributed by atoms with E-state index in [9.17, 15) is 0 Å². The first-order chi connectivity index (χ1) is 10.2. The van der Waals surface area contributed by atoms with Crippen LogP contribution >= 0.6 is 11.6 Å². The van der Waals surface area contributed by atoms with Gasteiger partial charge in [0.25, 0.3) is 0 Å². The van der Waals surface area contributed by atoms with Gasteiger partial charge in [-0.2, -0.15) is 0 Å². The third kappa shape index (κ3) is 2.76. The number of fused-ring (bicyclic) bond motifs is 1. The van der Waals surface area contributed by atoms with Crippen molar-refractivity contribution >= 4 is 22.6 Å². The molecule has 1 aromatic carbocycles. The summed E-state index contributed by atoms with van der Waals surface area (Å²) in [6, 6.07) is 7.89. The van der Waals surface area contributed by atoms with Gasteiger partial charge in [-0.3, -0.25) is 0 Å². The molecule has 0 unspecified atom stereocenters.